The van der Waals surface area contributed by atoms with E-state index in [0.29, 0.717) is 36.8 Å². The Morgan fingerprint density at radius 3 is 2.58 bits per heavy atom. The molecule has 0 fully saturated rings. The van der Waals surface area contributed by atoms with E-state index in [-0.39, 0.29) is 5.91 Å². The summed E-state index contributed by atoms with van der Waals surface area (Å²) in [5.74, 6) is 0.557. The Bertz CT molecular complexity index is 1590. The monoisotopic (exact) mass is 536 g/mol. The molecule has 1 aliphatic heterocycles. The van der Waals surface area contributed by atoms with Crippen LogP contribution >= 0.6 is 0 Å². The van der Waals surface area contributed by atoms with E-state index in [4.69, 9.17) is 4.74 Å². The SMILES string of the molecule is CCN1c2ncc(CCOc3ccc(-c4cccc(C(C)C(=O)O)c4)cc3C)cc2C(=O)N(C)c2cccnc21. The van der Waals surface area contributed by atoms with Crippen molar-refractivity contribution in [3.05, 3.63) is 95.3 Å². The summed E-state index contributed by atoms with van der Waals surface area (Å²) in [7, 11) is 1.76. The number of amides is 1. The molecule has 1 aliphatic rings. The van der Waals surface area contributed by atoms with Gasteiger partial charge in [0, 0.05) is 32.4 Å². The highest BCUT2D eigenvalue weighted by Gasteiger charge is 2.30. The maximum Gasteiger partial charge on any atom is 0.310 e. The summed E-state index contributed by atoms with van der Waals surface area (Å²) in [6.07, 6.45) is 4.11. The molecular weight excluding hydrogens is 504 g/mol. The minimum Gasteiger partial charge on any atom is -0.493 e. The summed E-state index contributed by atoms with van der Waals surface area (Å²) in [6.45, 7) is 6.75. The molecular formula is C32H32N4O4. The number of carboxylic acid groups (broad SMARTS) is 1. The van der Waals surface area contributed by atoms with Gasteiger partial charge in [-0.15, -0.1) is 0 Å². The molecule has 40 heavy (non-hydrogen) atoms. The van der Waals surface area contributed by atoms with Crippen LogP contribution in [0, 0.1) is 6.92 Å². The van der Waals surface area contributed by atoms with E-state index in [1.54, 1.807) is 31.3 Å². The van der Waals surface area contributed by atoms with Crippen LogP contribution in [0.15, 0.2) is 73.1 Å². The highest BCUT2D eigenvalue weighted by molar-refractivity contribution is 6.12. The molecule has 2 aromatic heterocycles. The molecule has 5 rings (SSSR count). The summed E-state index contributed by atoms with van der Waals surface area (Å²) < 4.78 is 6.11. The standard InChI is InChI=1S/C32H32N4O4/c1-5-36-29-26(31(37)35(4)27-10-7-14-33-30(27)36)17-22(19-34-29)13-15-40-28-12-11-25(16-20(28)2)24-9-6-8-23(18-24)21(3)32(38)39/h6-12,14,16-19,21H,5,13,15H2,1-4H3,(H,38,39). The number of nitrogens with zero attached hydrogens (tertiary/aromatic N) is 4. The van der Waals surface area contributed by atoms with Crippen molar-refractivity contribution in [3.63, 3.8) is 0 Å². The summed E-state index contributed by atoms with van der Waals surface area (Å²) in [4.78, 5) is 37.6. The van der Waals surface area contributed by atoms with Crippen molar-refractivity contribution in [2.75, 3.05) is 30.0 Å². The Labute approximate surface area is 233 Å². The predicted molar refractivity (Wildman–Crippen MR) is 156 cm³/mol. The fourth-order valence-electron chi connectivity index (χ4n) is 4.96. The zero-order chi connectivity index (χ0) is 28.4. The van der Waals surface area contributed by atoms with Crippen LogP contribution in [0.5, 0.6) is 5.75 Å². The van der Waals surface area contributed by atoms with Crippen LogP contribution in [0.2, 0.25) is 0 Å². The highest BCUT2D eigenvalue weighted by atomic mass is 16.5. The van der Waals surface area contributed by atoms with Gasteiger partial charge in [-0.05, 0) is 78.9 Å². The second-order valence-electron chi connectivity index (χ2n) is 9.93. The van der Waals surface area contributed by atoms with Gasteiger partial charge in [-0.3, -0.25) is 9.59 Å². The van der Waals surface area contributed by atoms with Crippen LogP contribution in [0.25, 0.3) is 11.1 Å². The van der Waals surface area contributed by atoms with Gasteiger partial charge in [-0.2, -0.15) is 0 Å². The second kappa shape index (κ2) is 11.2. The fourth-order valence-corrected chi connectivity index (χ4v) is 4.96. The maximum atomic E-state index is 13.4. The number of aromatic nitrogens is 2. The van der Waals surface area contributed by atoms with E-state index in [1.165, 1.54) is 0 Å². The van der Waals surface area contributed by atoms with Crippen LogP contribution in [-0.2, 0) is 11.2 Å². The van der Waals surface area contributed by atoms with E-state index >= 15 is 0 Å². The zero-order valence-corrected chi connectivity index (χ0v) is 23.1. The van der Waals surface area contributed by atoms with Gasteiger partial charge >= 0.3 is 5.97 Å². The van der Waals surface area contributed by atoms with Gasteiger partial charge < -0.3 is 19.6 Å². The molecule has 0 bridgehead atoms. The summed E-state index contributed by atoms with van der Waals surface area (Å²) in [6, 6.07) is 19.2. The van der Waals surface area contributed by atoms with Crippen molar-refractivity contribution in [1.29, 1.82) is 0 Å². The number of fused-ring (bicyclic) bond motifs is 2. The van der Waals surface area contributed by atoms with Crippen LogP contribution in [0.1, 0.15) is 46.8 Å². The molecule has 1 unspecified atom stereocenters. The van der Waals surface area contributed by atoms with Gasteiger partial charge in [0.2, 0.25) is 0 Å². The number of hydrogen-bond acceptors (Lipinski definition) is 6. The lowest BCUT2D eigenvalue weighted by Gasteiger charge is -2.22. The zero-order valence-electron chi connectivity index (χ0n) is 23.1. The van der Waals surface area contributed by atoms with Crippen LogP contribution in [-0.4, -0.2) is 47.2 Å². The molecule has 1 N–H and O–H groups in total. The Morgan fingerprint density at radius 2 is 1.82 bits per heavy atom. The first kappa shape index (κ1) is 26.9. The van der Waals surface area contributed by atoms with Gasteiger partial charge in [0.15, 0.2) is 5.82 Å². The number of pyridine rings is 2. The molecule has 0 aliphatic carbocycles. The first-order valence-corrected chi connectivity index (χ1v) is 13.3. The van der Waals surface area contributed by atoms with E-state index in [2.05, 4.69) is 9.97 Å². The summed E-state index contributed by atoms with van der Waals surface area (Å²) in [5.41, 5.74) is 5.91. The molecule has 1 atom stereocenters. The quantitative estimate of drug-likeness (QED) is 0.295. The van der Waals surface area contributed by atoms with E-state index in [9.17, 15) is 14.7 Å². The predicted octanol–water partition coefficient (Wildman–Crippen LogP) is 6.01. The topological polar surface area (TPSA) is 95.9 Å². The van der Waals surface area contributed by atoms with Gasteiger partial charge in [-0.1, -0.05) is 30.3 Å². The lowest BCUT2D eigenvalue weighted by molar-refractivity contribution is -0.138. The molecule has 0 saturated heterocycles. The summed E-state index contributed by atoms with van der Waals surface area (Å²) in [5, 5.41) is 9.35. The van der Waals surface area contributed by atoms with E-state index < -0.39 is 11.9 Å². The number of aliphatic carboxylic acids is 1. The van der Waals surface area contributed by atoms with Crippen LogP contribution in [0.3, 0.4) is 0 Å². The van der Waals surface area contributed by atoms with Gasteiger partial charge in [0.05, 0.1) is 23.8 Å². The fraction of sp³-hybridized carbons (Fsp3) is 0.250. The summed E-state index contributed by atoms with van der Waals surface area (Å²) >= 11 is 0. The van der Waals surface area contributed by atoms with Gasteiger partial charge in [-0.25, -0.2) is 9.97 Å². The normalized spacial score (nSPS) is 13.3. The Hall–Kier alpha value is -4.72. The van der Waals surface area contributed by atoms with Gasteiger partial charge in [0.25, 0.3) is 5.91 Å². The van der Waals surface area contributed by atoms with Crippen molar-refractivity contribution in [3.8, 4) is 16.9 Å². The molecule has 204 valence electrons. The molecule has 2 aromatic carbocycles. The van der Waals surface area contributed by atoms with Gasteiger partial charge in [0.1, 0.15) is 11.6 Å². The maximum absolute atomic E-state index is 13.4. The van der Waals surface area contributed by atoms with Crippen molar-refractivity contribution in [2.45, 2.75) is 33.1 Å². The minimum absolute atomic E-state index is 0.122. The van der Waals surface area contributed by atoms with E-state index in [0.717, 1.165) is 39.3 Å². The minimum atomic E-state index is -0.845. The lowest BCUT2D eigenvalue weighted by atomic mass is 9.95. The largest absolute Gasteiger partial charge is 0.493 e. The Kier molecular flexibility index (Phi) is 7.51. The molecule has 1 amide bonds. The molecule has 4 aromatic rings. The van der Waals surface area contributed by atoms with Crippen molar-refractivity contribution in [2.24, 2.45) is 0 Å². The van der Waals surface area contributed by atoms with Crippen molar-refractivity contribution in [1.82, 2.24) is 9.97 Å². The number of carbonyl (C=O) groups excluding carboxylic acids is 1. The average Bonchev–Trinajstić information content (AvgIpc) is 3.06. The van der Waals surface area contributed by atoms with Crippen molar-refractivity contribution < 1.29 is 19.4 Å². The number of ether oxygens (including phenoxy) is 1. The first-order chi connectivity index (χ1) is 19.3. The smallest absolute Gasteiger partial charge is 0.310 e. The Balaban J connectivity index is 1.30. The third-order valence-electron chi connectivity index (χ3n) is 7.33. The number of anilines is 3. The van der Waals surface area contributed by atoms with E-state index in [1.807, 2.05) is 79.4 Å². The molecule has 8 heteroatoms. The third kappa shape index (κ3) is 5.12. The number of carbonyl (C=O) groups is 2. The van der Waals surface area contributed by atoms with Crippen LogP contribution < -0.4 is 14.5 Å². The second-order valence-corrected chi connectivity index (χ2v) is 9.93. The molecule has 8 nitrogen and oxygen atoms in total. The lowest BCUT2D eigenvalue weighted by Crippen LogP contribution is -2.25. The number of benzene rings is 2. The Morgan fingerprint density at radius 1 is 1.02 bits per heavy atom. The number of rotatable bonds is 8. The molecule has 3 heterocycles. The molecule has 0 spiro atoms. The number of aryl methyl sites for hydroxylation is 1. The molecule has 0 saturated carbocycles. The number of hydrogen-bond donors (Lipinski definition) is 1. The van der Waals surface area contributed by atoms with Crippen molar-refractivity contribution >= 4 is 29.2 Å². The third-order valence-corrected chi connectivity index (χ3v) is 7.33. The first-order valence-electron chi connectivity index (χ1n) is 13.3. The number of carboxylic acids is 1. The molecule has 0 radical (unpaired) electrons. The van der Waals surface area contributed by atoms with Crippen LogP contribution in [0.4, 0.5) is 17.3 Å². The average molecular weight is 537 g/mol. The highest BCUT2D eigenvalue weighted by Crippen LogP contribution is 2.37.